The van der Waals surface area contributed by atoms with Crippen molar-refractivity contribution in [3.63, 3.8) is 0 Å². The molecule has 0 saturated heterocycles. The van der Waals surface area contributed by atoms with Crippen molar-refractivity contribution in [3.8, 4) is 5.75 Å². The summed E-state index contributed by atoms with van der Waals surface area (Å²) in [6.45, 7) is 2.56. The summed E-state index contributed by atoms with van der Waals surface area (Å²) in [6.07, 6.45) is 0.279. The monoisotopic (exact) mass is 418 g/mol. The van der Waals surface area contributed by atoms with Gasteiger partial charge >= 0.3 is 6.61 Å². The summed E-state index contributed by atoms with van der Waals surface area (Å²) in [7, 11) is 0. The third-order valence-corrected chi connectivity index (χ3v) is 4.16. The summed E-state index contributed by atoms with van der Waals surface area (Å²) in [5.74, 6) is 0.529. The van der Waals surface area contributed by atoms with Gasteiger partial charge in [0.25, 0.3) is 0 Å². The molecule has 0 fully saturated rings. The number of hydrogen-bond acceptors (Lipinski definition) is 3. The Morgan fingerprint density at radius 1 is 1.10 bits per heavy atom. The Kier molecular flexibility index (Phi) is 9.57. The van der Waals surface area contributed by atoms with Crippen molar-refractivity contribution in [1.29, 1.82) is 0 Å². The van der Waals surface area contributed by atoms with Crippen LogP contribution >= 0.6 is 0 Å². The number of hydrogen-bond donors (Lipinski definition) is 3. The third-order valence-electron chi connectivity index (χ3n) is 4.16. The summed E-state index contributed by atoms with van der Waals surface area (Å²) < 4.78 is 29.8. The molecule has 8 heteroatoms. The first-order valence-corrected chi connectivity index (χ1v) is 9.85. The minimum atomic E-state index is -2.89. The van der Waals surface area contributed by atoms with E-state index >= 15 is 0 Å². The average Bonchev–Trinajstić information content (AvgIpc) is 2.72. The van der Waals surface area contributed by atoms with Gasteiger partial charge in [0.1, 0.15) is 5.75 Å². The van der Waals surface area contributed by atoms with Gasteiger partial charge in [-0.15, -0.1) is 0 Å². The number of nitrogens with one attached hydrogen (secondary N) is 3. The summed E-state index contributed by atoms with van der Waals surface area (Å²) in [4.78, 5) is 16.4. The first kappa shape index (κ1) is 23.1. The summed E-state index contributed by atoms with van der Waals surface area (Å²) in [5, 5.41) is 9.03. The topological polar surface area (TPSA) is 74.8 Å². The van der Waals surface area contributed by atoms with Crippen molar-refractivity contribution >= 4 is 11.9 Å². The number of nitrogens with zero attached hydrogens (tertiary/aromatic N) is 1. The van der Waals surface area contributed by atoms with Crippen molar-refractivity contribution in [2.45, 2.75) is 40.0 Å². The Labute approximate surface area is 175 Å². The van der Waals surface area contributed by atoms with Crippen LogP contribution < -0.4 is 20.7 Å². The van der Waals surface area contributed by atoms with Crippen LogP contribution in [0.3, 0.4) is 0 Å². The number of alkyl halides is 2. The molecular formula is C22H28F2N4O2. The summed E-state index contributed by atoms with van der Waals surface area (Å²) >= 11 is 0. The largest absolute Gasteiger partial charge is 0.434 e. The molecule has 0 aliphatic carbocycles. The molecule has 6 nitrogen and oxygen atoms in total. The molecular weight excluding hydrogens is 390 g/mol. The quantitative estimate of drug-likeness (QED) is 0.409. The van der Waals surface area contributed by atoms with Crippen LogP contribution in [0.2, 0.25) is 0 Å². The summed E-state index contributed by atoms with van der Waals surface area (Å²) in [5.41, 5.74) is 2.52. The van der Waals surface area contributed by atoms with Gasteiger partial charge in [-0.05, 0) is 25.5 Å². The number of carbonyl (C=O) groups excluding carboxylic acids is 1. The number of halogens is 2. The molecule has 0 unspecified atom stereocenters. The van der Waals surface area contributed by atoms with E-state index in [0.29, 0.717) is 31.2 Å². The lowest BCUT2D eigenvalue weighted by Crippen LogP contribution is -2.39. The van der Waals surface area contributed by atoms with Crippen molar-refractivity contribution in [1.82, 2.24) is 16.0 Å². The number of aryl methyl sites for hydroxylation is 1. The summed E-state index contributed by atoms with van der Waals surface area (Å²) in [6, 6.07) is 14.7. The molecule has 0 aliphatic rings. The lowest BCUT2D eigenvalue weighted by molar-refractivity contribution is -0.121. The molecule has 3 N–H and O–H groups in total. The molecule has 162 valence electrons. The molecule has 0 aromatic heterocycles. The van der Waals surface area contributed by atoms with Crippen LogP contribution in [-0.4, -0.2) is 31.6 Å². The molecule has 0 radical (unpaired) electrons. The second-order valence-corrected chi connectivity index (χ2v) is 6.62. The number of aliphatic imine (C=N–C) groups is 1. The van der Waals surface area contributed by atoms with E-state index in [1.807, 2.05) is 44.2 Å². The number of ether oxygens (including phenoxy) is 1. The normalized spacial score (nSPS) is 11.3. The number of carbonyl (C=O) groups is 1. The number of benzene rings is 2. The van der Waals surface area contributed by atoms with E-state index in [1.165, 1.54) is 6.07 Å². The molecule has 0 aliphatic heterocycles. The SMILES string of the molecule is CCNC(=NCc1cc(C)ccc1OC(F)F)NCCC(=O)NCc1ccccc1. The molecule has 0 atom stereocenters. The lowest BCUT2D eigenvalue weighted by atomic mass is 10.1. The van der Waals surface area contributed by atoms with Crippen molar-refractivity contribution in [2.75, 3.05) is 13.1 Å². The fraction of sp³-hybridized carbons (Fsp3) is 0.364. The van der Waals surface area contributed by atoms with E-state index in [2.05, 4.69) is 25.7 Å². The maximum absolute atomic E-state index is 12.6. The van der Waals surface area contributed by atoms with Gasteiger partial charge in [0.15, 0.2) is 5.96 Å². The lowest BCUT2D eigenvalue weighted by Gasteiger charge is -2.13. The van der Waals surface area contributed by atoms with Gasteiger partial charge in [0.05, 0.1) is 6.54 Å². The van der Waals surface area contributed by atoms with Crippen LogP contribution in [0.5, 0.6) is 5.75 Å². The Morgan fingerprint density at radius 2 is 1.87 bits per heavy atom. The van der Waals surface area contributed by atoms with Crippen LogP contribution in [0.15, 0.2) is 53.5 Å². The second kappa shape index (κ2) is 12.4. The minimum Gasteiger partial charge on any atom is -0.434 e. The predicted octanol–water partition coefficient (Wildman–Crippen LogP) is 3.36. The molecule has 0 bridgehead atoms. The molecule has 0 saturated carbocycles. The Bertz CT molecular complexity index is 829. The van der Waals surface area contributed by atoms with Gasteiger partial charge in [0, 0.05) is 31.6 Å². The van der Waals surface area contributed by atoms with Gasteiger partial charge in [-0.1, -0.05) is 48.0 Å². The standard InChI is InChI=1S/C22H28F2N4O2/c1-3-25-22(26-12-11-20(29)27-14-17-7-5-4-6-8-17)28-15-18-13-16(2)9-10-19(18)30-21(23)24/h4-10,13,21H,3,11-12,14-15H2,1-2H3,(H,27,29)(H2,25,26,28). The highest BCUT2D eigenvalue weighted by atomic mass is 19.3. The molecule has 30 heavy (non-hydrogen) atoms. The van der Waals surface area contributed by atoms with Gasteiger partial charge in [-0.25, -0.2) is 4.99 Å². The van der Waals surface area contributed by atoms with E-state index < -0.39 is 6.61 Å². The first-order chi connectivity index (χ1) is 14.5. The third kappa shape index (κ3) is 8.46. The zero-order chi connectivity index (χ0) is 21.8. The van der Waals surface area contributed by atoms with E-state index in [4.69, 9.17) is 0 Å². The van der Waals surface area contributed by atoms with E-state index in [9.17, 15) is 13.6 Å². The molecule has 1 amide bonds. The smallest absolute Gasteiger partial charge is 0.387 e. The van der Waals surface area contributed by atoms with E-state index in [0.717, 1.165) is 11.1 Å². The highest BCUT2D eigenvalue weighted by Gasteiger charge is 2.10. The molecule has 0 spiro atoms. The van der Waals surface area contributed by atoms with Crippen LogP contribution in [0.25, 0.3) is 0 Å². The van der Waals surface area contributed by atoms with Gasteiger partial charge < -0.3 is 20.7 Å². The number of guanidine groups is 1. The van der Waals surface area contributed by atoms with E-state index in [1.54, 1.807) is 12.1 Å². The first-order valence-electron chi connectivity index (χ1n) is 9.85. The van der Waals surface area contributed by atoms with Crippen molar-refractivity contribution in [2.24, 2.45) is 4.99 Å². The number of rotatable bonds is 10. The highest BCUT2D eigenvalue weighted by molar-refractivity contribution is 5.81. The van der Waals surface area contributed by atoms with Crippen LogP contribution in [0, 0.1) is 6.92 Å². The number of amides is 1. The Balaban J connectivity index is 1.87. The van der Waals surface area contributed by atoms with Gasteiger partial charge in [0.2, 0.25) is 5.91 Å². The van der Waals surface area contributed by atoms with E-state index in [-0.39, 0.29) is 24.6 Å². The molecule has 0 heterocycles. The molecule has 2 aromatic carbocycles. The maximum Gasteiger partial charge on any atom is 0.387 e. The van der Waals surface area contributed by atoms with Crippen LogP contribution in [0.1, 0.15) is 30.0 Å². The second-order valence-electron chi connectivity index (χ2n) is 6.62. The fourth-order valence-corrected chi connectivity index (χ4v) is 2.73. The maximum atomic E-state index is 12.6. The van der Waals surface area contributed by atoms with Crippen molar-refractivity contribution in [3.05, 3.63) is 65.2 Å². The van der Waals surface area contributed by atoms with Gasteiger partial charge in [-0.3, -0.25) is 4.79 Å². The van der Waals surface area contributed by atoms with Gasteiger partial charge in [-0.2, -0.15) is 8.78 Å². The van der Waals surface area contributed by atoms with Crippen LogP contribution in [-0.2, 0) is 17.9 Å². The minimum absolute atomic E-state index is 0.0755. The average molecular weight is 418 g/mol. The zero-order valence-electron chi connectivity index (χ0n) is 17.3. The molecule has 2 rings (SSSR count). The zero-order valence-corrected chi connectivity index (χ0v) is 17.3. The highest BCUT2D eigenvalue weighted by Crippen LogP contribution is 2.22. The Hall–Kier alpha value is -3.16. The predicted molar refractivity (Wildman–Crippen MR) is 114 cm³/mol. The van der Waals surface area contributed by atoms with Crippen molar-refractivity contribution < 1.29 is 18.3 Å². The molecule has 2 aromatic rings. The fourth-order valence-electron chi connectivity index (χ4n) is 2.73. The Morgan fingerprint density at radius 3 is 2.57 bits per heavy atom. The van der Waals surface area contributed by atoms with Crippen LogP contribution in [0.4, 0.5) is 8.78 Å².